The van der Waals surface area contributed by atoms with Gasteiger partial charge < -0.3 is 19.1 Å². The van der Waals surface area contributed by atoms with Crippen LogP contribution in [-0.4, -0.2) is 54.3 Å². The predicted octanol–water partition coefficient (Wildman–Crippen LogP) is 1.55. The highest BCUT2D eigenvalue weighted by molar-refractivity contribution is 6.02. The molecule has 0 bridgehead atoms. The topological polar surface area (TPSA) is 85.4 Å². The Morgan fingerprint density at radius 1 is 1.30 bits per heavy atom. The lowest BCUT2D eigenvalue weighted by molar-refractivity contribution is -0.151. The molecule has 1 fully saturated rings. The third kappa shape index (κ3) is 3.67. The van der Waals surface area contributed by atoms with Crippen molar-refractivity contribution in [3.63, 3.8) is 0 Å². The Hall–Kier alpha value is -3.21. The summed E-state index contributed by atoms with van der Waals surface area (Å²) in [6.07, 6.45) is 5.18. The first-order valence-corrected chi connectivity index (χ1v) is 8.51. The zero-order chi connectivity index (χ0) is 19.6. The number of hydrogen-bond acceptors (Lipinski definition) is 6. The largest absolute Gasteiger partial charge is 0.454 e. The van der Waals surface area contributed by atoms with Gasteiger partial charge in [0.15, 0.2) is 18.2 Å². The maximum atomic E-state index is 12.7. The number of esters is 1. The van der Waals surface area contributed by atoms with Crippen LogP contribution in [0, 0.1) is 18.3 Å². The Bertz CT molecular complexity index is 813. The molecule has 1 atom stereocenters. The van der Waals surface area contributed by atoms with Crippen molar-refractivity contribution in [2.24, 2.45) is 5.92 Å². The van der Waals surface area contributed by atoms with Crippen LogP contribution in [0.4, 0.5) is 4.79 Å². The maximum absolute atomic E-state index is 12.7. The molecule has 27 heavy (non-hydrogen) atoms. The van der Waals surface area contributed by atoms with Gasteiger partial charge in [-0.25, -0.2) is 9.69 Å². The van der Waals surface area contributed by atoms with Gasteiger partial charge in [0.1, 0.15) is 6.54 Å². The zero-order valence-corrected chi connectivity index (χ0v) is 15.1. The number of rotatable bonds is 6. The molecule has 2 heterocycles. The van der Waals surface area contributed by atoms with Crippen molar-refractivity contribution in [3.8, 4) is 23.8 Å². The lowest BCUT2D eigenvalue weighted by Gasteiger charge is -2.22. The summed E-state index contributed by atoms with van der Waals surface area (Å²) in [5.74, 6) is 1.89. The van der Waals surface area contributed by atoms with Crippen molar-refractivity contribution in [2.75, 3.05) is 26.6 Å². The molecule has 8 heteroatoms. The predicted molar refractivity (Wildman–Crippen MR) is 93.8 cm³/mol. The van der Waals surface area contributed by atoms with Gasteiger partial charge in [-0.05, 0) is 23.6 Å². The smallest absolute Gasteiger partial charge is 0.330 e. The number of nitrogens with zero attached hydrogens (tertiary/aromatic N) is 2. The van der Waals surface area contributed by atoms with Crippen molar-refractivity contribution in [1.29, 1.82) is 0 Å². The molecule has 1 aromatic carbocycles. The second-order valence-electron chi connectivity index (χ2n) is 6.59. The molecule has 3 rings (SSSR count). The van der Waals surface area contributed by atoms with E-state index in [1.807, 2.05) is 13.8 Å². The van der Waals surface area contributed by atoms with Crippen LogP contribution in [0.25, 0.3) is 0 Å². The van der Waals surface area contributed by atoms with Gasteiger partial charge in [-0.15, -0.1) is 6.42 Å². The van der Waals surface area contributed by atoms with Crippen LogP contribution in [0.3, 0.4) is 0 Å². The van der Waals surface area contributed by atoms with Crippen LogP contribution in [0.15, 0.2) is 18.2 Å². The quantitative estimate of drug-likeness (QED) is 0.428. The van der Waals surface area contributed by atoms with Crippen molar-refractivity contribution >= 4 is 17.9 Å². The minimum Gasteiger partial charge on any atom is -0.454 e. The van der Waals surface area contributed by atoms with Gasteiger partial charge >= 0.3 is 12.0 Å². The molecule has 0 spiro atoms. The number of fused-ring (bicyclic) bond motifs is 1. The Kier molecular flexibility index (Phi) is 5.21. The van der Waals surface area contributed by atoms with Gasteiger partial charge in [0.2, 0.25) is 6.79 Å². The van der Waals surface area contributed by atoms with E-state index in [1.165, 1.54) is 4.90 Å². The van der Waals surface area contributed by atoms with Gasteiger partial charge in [-0.2, -0.15) is 0 Å². The SMILES string of the molecule is C#CCN1CC(=O)N(COC(=O)C(c2ccc3c(c2)OCO3)C(C)C)C1=O. The van der Waals surface area contributed by atoms with Crippen LogP contribution in [0.5, 0.6) is 11.5 Å². The highest BCUT2D eigenvalue weighted by Crippen LogP contribution is 2.37. The molecule has 1 saturated heterocycles. The summed E-state index contributed by atoms with van der Waals surface area (Å²) in [5.41, 5.74) is 0.715. The average molecular weight is 372 g/mol. The third-order valence-electron chi connectivity index (χ3n) is 4.42. The van der Waals surface area contributed by atoms with Crippen LogP contribution in [-0.2, 0) is 14.3 Å². The number of carbonyl (C=O) groups excluding carboxylic acids is 3. The van der Waals surface area contributed by atoms with E-state index in [9.17, 15) is 14.4 Å². The summed E-state index contributed by atoms with van der Waals surface area (Å²) >= 11 is 0. The first-order chi connectivity index (χ1) is 12.9. The van der Waals surface area contributed by atoms with E-state index >= 15 is 0 Å². The molecule has 0 aromatic heterocycles. The number of imide groups is 1. The molecule has 142 valence electrons. The monoisotopic (exact) mass is 372 g/mol. The Morgan fingerprint density at radius 3 is 2.74 bits per heavy atom. The molecule has 0 N–H and O–H groups in total. The summed E-state index contributed by atoms with van der Waals surface area (Å²) in [4.78, 5) is 38.9. The minimum absolute atomic E-state index is 0.0286. The number of hydrogen-bond donors (Lipinski definition) is 0. The standard InChI is InChI=1S/C19H20N2O6/c1-4-7-20-9-16(22)21(19(20)24)10-25-18(23)17(12(2)3)13-5-6-14-15(8-13)27-11-26-14/h1,5-6,8,12,17H,7,9-11H2,2-3H3. The molecule has 2 aliphatic heterocycles. The molecule has 8 nitrogen and oxygen atoms in total. The van der Waals surface area contributed by atoms with Gasteiger partial charge in [-0.3, -0.25) is 9.59 Å². The average Bonchev–Trinajstić information content (AvgIpc) is 3.18. The summed E-state index contributed by atoms with van der Waals surface area (Å²) in [5, 5.41) is 0. The first kappa shape index (κ1) is 18.6. The van der Waals surface area contributed by atoms with Crippen molar-refractivity contribution in [2.45, 2.75) is 19.8 Å². The fourth-order valence-electron chi connectivity index (χ4n) is 3.07. The maximum Gasteiger partial charge on any atom is 0.330 e. The number of benzene rings is 1. The summed E-state index contributed by atoms with van der Waals surface area (Å²) in [7, 11) is 0. The fourth-order valence-corrected chi connectivity index (χ4v) is 3.07. The third-order valence-corrected chi connectivity index (χ3v) is 4.42. The van der Waals surface area contributed by atoms with Crippen LogP contribution < -0.4 is 9.47 Å². The number of carbonyl (C=O) groups is 3. The molecular weight excluding hydrogens is 352 g/mol. The van der Waals surface area contributed by atoms with Crippen LogP contribution >= 0.6 is 0 Å². The van der Waals surface area contributed by atoms with E-state index in [1.54, 1.807) is 18.2 Å². The number of urea groups is 1. The van der Waals surface area contributed by atoms with Gasteiger partial charge in [0.05, 0.1) is 12.5 Å². The molecular formula is C19H20N2O6. The summed E-state index contributed by atoms with van der Waals surface area (Å²) in [6, 6.07) is 4.70. The fraction of sp³-hybridized carbons (Fsp3) is 0.421. The molecule has 2 aliphatic rings. The van der Waals surface area contributed by atoms with E-state index in [2.05, 4.69) is 5.92 Å². The van der Waals surface area contributed by atoms with E-state index in [-0.39, 0.29) is 25.8 Å². The molecule has 3 amide bonds. The Labute approximate surface area is 157 Å². The van der Waals surface area contributed by atoms with Crippen LogP contribution in [0.1, 0.15) is 25.3 Å². The van der Waals surface area contributed by atoms with Crippen molar-refractivity contribution in [1.82, 2.24) is 9.80 Å². The van der Waals surface area contributed by atoms with Crippen molar-refractivity contribution in [3.05, 3.63) is 23.8 Å². The molecule has 1 aromatic rings. The van der Waals surface area contributed by atoms with E-state index in [0.717, 1.165) is 4.90 Å². The van der Waals surface area contributed by atoms with Gasteiger partial charge in [0, 0.05) is 0 Å². The molecule has 0 radical (unpaired) electrons. The normalized spacial score (nSPS) is 16.7. The van der Waals surface area contributed by atoms with E-state index < -0.39 is 30.6 Å². The first-order valence-electron chi connectivity index (χ1n) is 8.51. The Morgan fingerprint density at radius 2 is 2.04 bits per heavy atom. The van der Waals surface area contributed by atoms with Gasteiger partial charge in [0.25, 0.3) is 5.91 Å². The number of ether oxygens (including phenoxy) is 3. The van der Waals surface area contributed by atoms with E-state index in [4.69, 9.17) is 20.6 Å². The van der Waals surface area contributed by atoms with Gasteiger partial charge in [-0.1, -0.05) is 25.8 Å². The second kappa shape index (κ2) is 7.58. The Balaban J connectivity index is 1.69. The molecule has 0 aliphatic carbocycles. The second-order valence-corrected chi connectivity index (χ2v) is 6.59. The van der Waals surface area contributed by atoms with Crippen LogP contribution in [0.2, 0.25) is 0 Å². The summed E-state index contributed by atoms with van der Waals surface area (Å²) in [6.45, 7) is 3.39. The minimum atomic E-state index is -0.575. The number of terminal acetylenes is 1. The lowest BCUT2D eigenvalue weighted by Crippen LogP contribution is -2.36. The molecule has 0 saturated carbocycles. The summed E-state index contributed by atoms with van der Waals surface area (Å²) < 4.78 is 15.9. The van der Waals surface area contributed by atoms with E-state index in [0.29, 0.717) is 17.1 Å². The molecule has 1 unspecified atom stereocenters. The highest BCUT2D eigenvalue weighted by atomic mass is 16.7. The zero-order valence-electron chi connectivity index (χ0n) is 15.1. The highest BCUT2D eigenvalue weighted by Gasteiger charge is 2.37. The number of amides is 3. The van der Waals surface area contributed by atoms with Crippen molar-refractivity contribution < 1.29 is 28.6 Å². The lowest BCUT2D eigenvalue weighted by atomic mass is 9.88.